The molecule has 126 valence electrons. The van der Waals surface area contributed by atoms with Crippen molar-refractivity contribution in [2.75, 3.05) is 10.6 Å². The molecule has 1 heterocycles. The molecular formula is C20H18BrN3O. The number of anilines is 2. The third kappa shape index (κ3) is 4.67. The number of aromatic nitrogens is 1. The highest BCUT2D eigenvalue weighted by atomic mass is 79.9. The Morgan fingerprint density at radius 3 is 2.48 bits per heavy atom. The molecule has 0 saturated carbocycles. The molecule has 1 aromatic heterocycles. The molecule has 2 aromatic carbocycles. The highest BCUT2D eigenvalue weighted by molar-refractivity contribution is 9.10. The van der Waals surface area contributed by atoms with Crippen molar-refractivity contribution in [3.8, 4) is 0 Å². The summed E-state index contributed by atoms with van der Waals surface area (Å²) in [6.07, 6.45) is 1.57. The molecule has 0 aliphatic rings. The van der Waals surface area contributed by atoms with Gasteiger partial charge in [0.15, 0.2) is 0 Å². The van der Waals surface area contributed by atoms with E-state index in [1.54, 1.807) is 12.3 Å². The van der Waals surface area contributed by atoms with Crippen LogP contribution in [0.3, 0.4) is 0 Å². The summed E-state index contributed by atoms with van der Waals surface area (Å²) >= 11 is 3.42. The van der Waals surface area contributed by atoms with Crippen LogP contribution >= 0.6 is 15.9 Å². The summed E-state index contributed by atoms with van der Waals surface area (Å²) in [5, 5.41) is 6.12. The topological polar surface area (TPSA) is 54.0 Å². The fourth-order valence-electron chi connectivity index (χ4n) is 2.29. The maximum atomic E-state index is 12.3. The van der Waals surface area contributed by atoms with E-state index in [9.17, 15) is 4.79 Å². The first-order valence-electron chi connectivity index (χ1n) is 7.93. The van der Waals surface area contributed by atoms with Gasteiger partial charge in [0.25, 0.3) is 5.91 Å². The Labute approximate surface area is 155 Å². The molecule has 0 bridgehead atoms. The number of hydrogen-bond acceptors (Lipinski definition) is 3. The third-order valence-electron chi connectivity index (χ3n) is 3.74. The van der Waals surface area contributed by atoms with Gasteiger partial charge in [0.1, 0.15) is 5.82 Å². The number of amides is 1. The van der Waals surface area contributed by atoms with Gasteiger partial charge in [0.05, 0.1) is 11.3 Å². The van der Waals surface area contributed by atoms with Crippen LogP contribution in [0, 0.1) is 6.92 Å². The Bertz CT molecular complexity index is 861. The van der Waals surface area contributed by atoms with E-state index in [4.69, 9.17) is 0 Å². The lowest BCUT2D eigenvalue weighted by atomic mass is 10.1. The number of carbonyl (C=O) groups is 1. The van der Waals surface area contributed by atoms with Crippen LogP contribution in [0.2, 0.25) is 0 Å². The lowest BCUT2D eigenvalue weighted by Crippen LogP contribution is -2.13. The van der Waals surface area contributed by atoms with E-state index < -0.39 is 0 Å². The molecule has 5 heteroatoms. The standard InChI is InChI=1S/C20H18BrN3O/c1-14-6-8-15(9-7-14)12-22-19-11-10-16(13-23-19)20(25)24-18-5-3-2-4-17(18)21/h2-11,13H,12H2,1H3,(H,22,23)(H,24,25). The number of carbonyl (C=O) groups excluding carboxylic acids is 1. The van der Waals surface area contributed by atoms with Crippen molar-refractivity contribution in [1.82, 2.24) is 4.98 Å². The molecule has 3 aromatic rings. The maximum absolute atomic E-state index is 12.3. The second-order valence-electron chi connectivity index (χ2n) is 5.71. The molecule has 0 spiro atoms. The smallest absolute Gasteiger partial charge is 0.257 e. The van der Waals surface area contributed by atoms with E-state index in [0.29, 0.717) is 12.1 Å². The molecule has 1 amide bonds. The molecule has 0 radical (unpaired) electrons. The van der Waals surface area contributed by atoms with Gasteiger partial charge in [-0.1, -0.05) is 42.0 Å². The number of halogens is 1. The number of aryl methyl sites for hydroxylation is 1. The molecule has 25 heavy (non-hydrogen) atoms. The van der Waals surface area contributed by atoms with Gasteiger partial charge in [-0.05, 0) is 52.7 Å². The maximum Gasteiger partial charge on any atom is 0.257 e. The van der Waals surface area contributed by atoms with Crippen LogP contribution in [0.15, 0.2) is 71.3 Å². The molecule has 4 nitrogen and oxygen atoms in total. The molecule has 0 saturated heterocycles. The van der Waals surface area contributed by atoms with Crippen molar-refractivity contribution in [3.05, 3.63) is 88.0 Å². The highest BCUT2D eigenvalue weighted by Crippen LogP contribution is 2.22. The van der Waals surface area contributed by atoms with Crippen LogP contribution < -0.4 is 10.6 Å². The Morgan fingerprint density at radius 1 is 1.04 bits per heavy atom. The van der Waals surface area contributed by atoms with E-state index in [2.05, 4.69) is 62.7 Å². The van der Waals surface area contributed by atoms with Crippen LogP contribution in [0.5, 0.6) is 0 Å². The number of para-hydroxylation sites is 1. The van der Waals surface area contributed by atoms with Gasteiger partial charge in [-0.25, -0.2) is 4.98 Å². The summed E-state index contributed by atoms with van der Waals surface area (Å²) in [5.41, 5.74) is 3.66. The molecule has 0 aliphatic carbocycles. The summed E-state index contributed by atoms with van der Waals surface area (Å²) in [7, 11) is 0. The molecule has 0 unspecified atom stereocenters. The van der Waals surface area contributed by atoms with Crippen molar-refractivity contribution in [2.24, 2.45) is 0 Å². The predicted molar refractivity (Wildman–Crippen MR) is 105 cm³/mol. The average molecular weight is 396 g/mol. The highest BCUT2D eigenvalue weighted by Gasteiger charge is 2.08. The Kier molecular flexibility index (Phi) is 5.46. The Morgan fingerprint density at radius 2 is 1.80 bits per heavy atom. The normalized spacial score (nSPS) is 10.3. The quantitative estimate of drug-likeness (QED) is 0.637. The summed E-state index contributed by atoms with van der Waals surface area (Å²) in [4.78, 5) is 16.6. The van der Waals surface area contributed by atoms with Gasteiger partial charge in [-0.15, -0.1) is 0 Å². The van der Waals surface area contributed by atoms with Gasteiger partial charge < -0.3 is 10.6 Å². The molecular weight excluding hydrogens is 378 g/mol. The van der Waals surface area contributed by atoms with Crippen LogP contribution in [0.25, 0.3) is 0 Å². The first-order chi connectivity index (χ1) is 12.1. The number of nitrogens with zero attached hydrogens (tertiary/aromatic N) is 1. The van der Waals surface area contributed by atoms with Gasteiger partial charge in [0, 0.05) is 17.2 Å². The molecule has 2 N–H and O–H groups in total. The van der Waals surface area contributed by atoms with Crippen LogP contribution in [-0.4, -0.2) is 10.9 Å². The van der Waals surface area contributed by atoms with E-state index >= 15 is 0 Å². The van der Waals surface area contributed by atoms with E-state index in [-0.39, 0.29) is 5.91 Å². The number of pyridine rings is 1. The van der Waals surface area contributed by atoms with Gasteiger partial charge in [-0.2, -0.15) is 0 Å². The Hall–Kier alpha value is -2.66. The molecule has 3 rings (SSSR count). The zero-order valence-corrected chi connectivity index (χ0v) is 15.4. The summed E-state index contributed by atoms with van der Waals surface area (Å²) < 4.78 is 0.840. The Balaban J connectivity index is 1.60. The van der Waals surface area contributed by atoms with Crippen LogP contribution in [-0.2, 0) is 6.54 Å². The fraction of sp³-hybridized carbons (Fsp3) is 0.100. The zero-order chi connectivity index (χ0) is 17.6. The minimum Gasteiger partial charge on any atom is -0.366 e. The summed E-state index contributed by atoms with van der Waals surface area (Å²) in [6.45, 7) is 2.76. The second kappa shape index (κ2) is 7.94. The monoisotopic (exact) mass is 395 g/mol. The van der Waals surface area contributed by atoms with Crippen LogP contribution in [0.1, 0.15) is 21.5 Å². The van der Waals surface area contributed by atoms with Crippen LogP contribution in [0.4, 0.5) is 11.5 Å². The minimum absolute atomic E-state index is 0.190. The number of benzene rings is 2. The van der Waals surface area contributed by atoms with Gasteiger partial charge >= 0.3 is 0 Å². The largest absolute Gasteiger partial charge is 0.366 e. The van der Waals surface area contributed by atoms with E-state index in [1.165, 1.54) is 11.1 Å². The van der Waals surface area contributed by atoms with Crippen molar-refractivity contribution in [3.63, 3.8) is 0 Å². The first-order valence-corrected chi connectivity index (χ1v) is 8.72. The van der Waals surface area contributed by atoms with Crippen molar-refractivity contribution < 1.29 is 4.79 Å². The lowest BCUT2D eigenvalue weighted by Gasteiger charge is -2.09. The average Bonchev–Trinajstić information content (AvgIpc) is 2.63. The van der Waals surface area contributed by atoms with E-state index in [0.717, 1.165) is 16.0 Å². The fourth-order valence-corrected chi connectivity index (χ4v) is 2.67. The van der Waals surface area contributed by atoms with Crippen molar-refractivity contribution in [2.45, 2.75) is 13.5 Å². The SMILES string of the molecule is Cc1ccc(CNc2ccc(C(=O)Nc3ccccc3Br)cn2)cc1. The zero-order valence-electron chi connectivity index (χ0n) is 13.8. The predicted octanol–water partition coefficient (Wildman–Crippen LogP) is 5.02. The van der Waals surface area contributed by atoms with Gasteiger partial charge in [0.2, 0.25) is 0 Å². The van der Waals surface area contributed by atoms with Crippen molar-refractivity contribution >= 4 is 33.3 Å². The molecule has 0 fully saturated rings. The number of rotatable bonds is 5. The number of hydrogen-bond donors (Lipinski definition) is 2. The molecule has 0 aliphatic heterocycles. The summed E-state index contributed by atoms with van der Waals surface area (Å²) in [5.74, 6) is 0.544. The second-order valence-corrected chi connectivity index (χ2v) is 6.56. The minimum atomic E-state index is -0.190. The van der Waals surface area contributed by atoms with Gasteiger partial charge in [-0.3, -0.25) is 4.79 Å². The summed E-state index contributed by atoms with van der Waals surface area (Å²) in [6, 6.07) is 19.4. The number of nitrogens with one attached hydrogen (secondary N) is 2. The van der Waals surface area contributed by atoms with E-state index in [1.807, 2.05) is 30.3 Å². The first kappa shape index (κ1) is 17.2. The third-order valence-corrected chi connectivity index (χ3v) is 4.43. The lowest BCUT2D eigenvalue weighted by molar-refractivity contribution is 0.102. The van der Waals surface area contributed by atoms with Crippen molar-refractivity contribution in [1.29, 1.82) is 0 Å². The molecule has 0 atom stereocenters.